The minimum atomic E-state index is -4.56. The van der Waals surface area contributed by atoms with Gasteiger partial charge in [0.15, 0.2) is 18.1 Å². The number of halogens is 4. The topological polar surface area (TPSA) is 118 Å². The van der Waals surface area contributed by atoms with Crippen LogP contribution in [-0.4, -0.2) is 41.2 Å². The lowest BCUT2D eigenvalue weighted by Gasteiger charge is -2.43. The molecule has 9 nitrogen and oxygen atoms in total. The van der Waals surface area contributed by atoms with Crippen LogP contribution < -0.4 is 24.6 Å². The van der Waals surface area contributed by atoms with Gasteiger partial charge >= 0.3 is 11.0 Å². The highest BCUT2D eigenvalue weighted by atomic mass is 32.2. The van der Waals surface area contributed by atoms with Gasteiger partial charge in [0, 0.05) is 21.7 Å². The molecular formula is C36H29F4N3O6S2. The quantitative estimate of drug-likeness (QED) is 0.153. The molecule has 4 aromatic rings. The molecule has 264 valence electrons. The van der Waals surface area contributed by atoms with Crippen LogP contribution in [0.25, 0.3) is 0 Å². The zero-order valence-electron chi connectivity index (χ0n) is 26.7. The summed E-state index contributed by atoms with van der Waals surface area (Å²) in [6.07, 6.45) is -3.88. The maximum absolute atomic E-state index is 14.0. The Hall–Kier alpha value is -4.63. The van der Waals surface area contributed by atoms with Crippen molar-refractivity contribution in [2.24, 2.45) is 29.6 Å². The lowest BCUT2D eigenvalue weighted by molar-refractivity contribution is -0.137. The summed E-state index contributed by atoms with van der Waals surface area (Å²) in [7, 11) is 0. The average Bonchev–Trinajstić information content (AvgIpc) is 3.83. The van der Waals surface area contributed by atoms with Gasteiger partial charge < -0.3 is 19.8 Å². The zero-order valence-corrected chi connectivity index (χ0v) is 28.4. The van der Waals surface area contributed by atoms with Crippen LogP contribution in [0.3, 0.4) is 0 Å². The summed E-state index contributed by atoms with van der Waals surface area (Å²) in [4.78, 5) is 57.9. The number of fused-ring (bicyclic) bond motifs is 9. The van der Waals surface area contributed by atoms with Crippen LogP contribution in [0.4, 0.5) is 28.9 Å². The molecule has 51 heavy (non-hydrogen) atoms. The van der Waals surface area contributed by atoms with Gasteiger partial charge in [-0.05, 0) is 91.3 Å². The molecule has 15 heteroatoms. The van der Waals surface area contributed by atoms with Gasteiger partial charge in [-0.15, -0.1) is 11.8 Å². The number of aromatic nitrogens is 1. The van der Waals surface area contributed by atoms with Crippen molar-refractivity contribution >= 4 is 52.2 Å². The Balaban J connectivity index is 1.07. The second-order valence-electron chi connectivity index (χ2n) is 13.0. The van der Waals surface area contributed by atoms with Crippen LogP contribution in [0.15, 0.2) is 76.6 Å². The number of amides is 3. The molecule has 0 spiro atoms. The highest BCUT2D eigenvalue weighted by Crippen LogP contribution is 2.68. The number of nitrogens with zero attached hydrogens (tertiary/aromatic N) is 1. The van der Waals surface area contributed by atoms with E-state index in [0.717, 1.165) is 38.9 Å². The third kappa shape index (κ3) is 5.70. The number of H-pyrrole nitrogens is 1. The molecule has 2 saturated carbocycles. The highest BCUT2D eigenvalue weighted by Gasteiger charge is 2.69. The van der Waals surface area contributed by atoms with Gasteiger partial charge in [0.25, 0.3) is 5.91 Å². The van der Waals surface area contributed by atoms with E-state index >= 15 is 0 Å². The number of thioether (sulfide) groups is 1. The summed E-state index contributed by atoms with van der Waals surface area (Å²) in [5.74, 6) is -2.86. The van der Waals surface area contributed by atoms with E-state index in [9.17, 15) is 36.7 Å². The molecular weight excluding hydrogens is 711 g/mol. The first-order valence-corrected chi connectivity index (χ1v) is 18.0. The van der Waals surface area contributed by atoms with E-state index in [1.165, 1.54) is 41.3 Å². The summed E-state index contributed by atoms with van der Waals surface area (Å²) in [6.45, 7) is 1.54. The molecule has 4 aliphatic rings. The van der Waals surface area contributed by atoms with Crippen LogP contribution in [0, 0.1) is 35.4 Å². The van der Waals surface area contributed by atoms with Crippen LogP contribution in [0.1, 0.15) is 35.3 Å². The zero-order chi connectivity index (χ0) is 35.8. The predicted octanol–water partition coefficient (Wildman–Crippen LogP) is 6.69. The molecule has 0 radical (unpaired) electrons. The number of alkyl halides is 3. The van der Waals surface area contributed by atoms with E-state index in [4.69, 9.17) is 9.47 Å². The first-order valence-electron chi connectivity index (χ1n) is 16.3. The number of benzene rings is 3. The number of hydrogen-bond acceptors (Lipinski definition) is 8. The number of hydrogen-bond donors (Lipinski definition) is 2. The molecule has 3 amide bonds. The van der Waals surface area contributed by atoms with E-state index in [1.54, 1.807) is 30.8 Å². The largest absolute Gasteiger partial charge is 0.490 e. The number of anilines is 2. The Bertz CT molecular complexity index is 2120. The van der Waals surface area contributed by atoms with Gasteiger partial charge in [0.2, 0.25) is 11.8 Å². The molecule has 2 bridgehead atoms. The van der Waals surface area contributed by atoms with E-state index in [1.807, 2.05) is 6.07 Å². The van der Waals surface area contributed by atoms with E-state index in [2.05, 4.69) is 10.3 Å². The first kappa shape index (κ1) is 33.5. The monoisotopic (exact) mass is 739 g/mol. The summed E-state index contributed by atoms with van der Waals surface area (Å²) in [6, 6.07) is 14.9. The molecule has 3 heterocycles. The van der Waals surface area contributed by atoms with E-state index in [0.29, 0.717) is 17.9 Å². The Labute approximate surface area is 296 Å². The van der Waals surface area contributed by atoms with Crippen molar-refractivity contribution in [3.63, 3.8) is 0 Å². The number of aromatic amines is 1. The van der Waals surface area contributed by atoms with Crippen LogP contribution in [0.5, 0.6) is 11.5 Å². The second kappa shape index (κ2) is 12.5. The second-order valence-corrected chi connectivity index (χ2v) is 15.2. The minimum absolute atomic E-state index is 0.0267. The maximum atomic E-state index is 14.0. The van der Waals surface area contributed by atoms with Crippen LogP contribution in [-0.2, 0) is 20.6 Å². The SMILES string of the molecule is CCOc1cc([C@@H]2c3sc(=O)[nH]c3S[C@@H]3[C@@H]4C[C@@H]([C@@H]5C(=O)N(c6ccc(F)cc6)C(=O)[C@@H]45)[C@H]23)ccc1OCC(=O)Nc1cccc(C(F)(F)F)c1. The molecule has 2 aliphatic carbocycles. The number of ether oxygens (including phenoxy) is 2. The van der Waals surface area contributed by atoms with Gasteiger partial charge in [0.1, 0.15) is 5.82 Å². The van der Waals surface area contributed by atoms with Gasteiger partial charge in [-0.2, -0.15) is 13.2 Å². The number of carbonyl (C=O) groups excluding carboxylic acids is 3. The molecule has 2 aliphatic heterocycles. The fourth-order valence-electron chi connectivity index (χ4n) is 8.45. The number of rotatable bonds is 8. The van der Waals surface area contributed by atoms with Crippen LogP contribution in [0.2, 0.25) is 0 Å². The highest BCUT2D eigenvalue weighted by molar-refractivity contribution is 8.00. The number of imide groups is 1. The standard InChI is InChI=1S/C36H29F4N3O6S2/c1-2-48-24-12-16(6-11-23(24)49-15-25(44)41-19-5-3-4-17(13-19)36(38,39)40)26-27-21-14-22(30(27)50-32-31(26)51-35(47)42-32)29-28(21)33(45)43(34(29)46)20-9-7-18(37)8-10-20/h3-13,21-22,26-30H,2,14-15H2,1H3,(H,41,44)(H,42,47)/t21-,22-,26+,27-,28+,29+,30-/m1/s1. The Kier molecular flexibility index (Phi) is 8.24. The van der Waals surface area contributed by atoms with E-state index in [-0.39, 0.29) is 63.7 Å². The average molecular weight is 740 g/mol. The predicted molar refractivity (Wildman–Crippen MR) is 181 cm³/mol. The van der Waals surface area contributed by atoms with Crippen molar-refractivity contribution in [3.8, 4) is 11.5 Å². The first-order chi connectivity index (χ1) is 24.4. The molecule has 1 aromatic heterocycles. The molecule has 7 atom stereocenters. The summed E-state index contributed by atoms with van der Waals surface area (Å²) >= 11 is 2.66. The van der Waals surface area contributed by atoms with Gasteiger partial charge in [-0.1, -0.05) is 23.5 Å². The third-order valence-corrected chi connectivity index (χ3v) is 12.9. The Morgan fingerprint density at radius 2 is 1.71 bits per heavy atom. The van der Waals surface area contributed by atoms with Gasteiger partial charge in [-0.25, -0.2) is 4.39 Å². The van der Waals surface area contributed by atoms with Crippen molar-refractivity contribution in [2.45, 2.75) is 35.7 Å². The van der Waals surface area contributed by atoms with Crippen LogP contribution >= 0.6 is 23.1 Å². The number of thiazole rings is 1. The van der Waals surface area contributed by atoms with Crippen molar-refractivity contribution in [1.29, 1.82) is 0 Å². The summed E-state index contributed by atoms with van der Waals surface area (Å²) in [5.41, 5.74) is 0.231. The third-order valence-electron chi connectivity index (χ3n) is 10.3. The Morgan fingerprint density at radius 1 is 0.961 bits per heavy atom. The number of nitrogens with one attached hydrogen (secondary N) is 2. The smallest absolute Gasteiger partial charge is 0.416 e. The Morgan fingerprint density at radius 3 is 2.43 bits per heavy atom. The fraction of sp³-hybridized carbons (Fsp3) is 0.333. The van der Waals surface area contributed by atoms with Crippen molar-refractivity contribution < 1.29 is 41.4 Å². The normalized spacial score (nSPS) is 26.1. The molecule has 8 rings (SSSR count). The molecule has 2 N–H and O–H groups in total. The van der Waals surface area contributed by atoms with Crippen molar-refractivity contribution in [2.75, 3.05) is 23.4 Å². The summed E-state index contributed by atoms with van der Waals surface area (Å²) in [5, 5.41) is 3.10. The lowest BCUT2D eigenvalue weighted by atomic mass is 9.68. The fourth-order valence-corrected chi connectivity index (χ4v) is 11.3. The van der Waals surface area contributed by atoms with Crippen molar-refractivity contribution in [1.82, 2.24) is 4.98 Å². The van der Waals surface area contributed by atoms with Gasteiger partial charge in [0.05, 0.1) is 34.7 Å². The molecule has 0 unspecified atom stereocenters. The maximum Gasteiger partial charge on any atom is 0.416 e. The van der Waals surface area contributed by atoms with Crippen molar-refractivity contribution in [3.05, 3.63) is 98.2 Å². The minimum Gasteiger partial charge on any atom is -0.490 e. The lowest BCUT2D eigenvalue weighted by Crippen LogP contribution is -2.42. The van der Waals surface area contributed by atoms with Gasteiger partial charge in [-0.3, -0.25) is 24.1 Å². The molecule has 1 saturated heterocycles. The molecule has 3 fully saturated rings. The molecule has 3 aromatic carbocycles. The number of carbonyl (C=O) groups is 3. The van der Waals surface area contributed by atoms with E-state index < -0.39 is 41.9 Å². The summed E-state index contributed by atoms with van der Waals surface area (Å²) < 4.78 is 64.8.